The van der Waals surface area contributed by atoms with Crippen LogP contribution in [-0.4, -0.2) is 105 Å². The van der Waals surface area contributed by atoms with Crippen LogP contribution in [0, 0.1) is 45.8 Å². The number of imide groups is 1. The van der Waals surface area contributed by atoms with Gasteiger partial charge in [0, 0.05) is 67.3 Å². The minimum Gasteiger partial charge on any atom is -0.489 e. The van der Waals surface area contributed by atoms with E-state index in [4.69, 9.17) is 16.3 Å². The number of fused-ring (bicyclic) bond motifs is 1. The third kappa shape index (κ3) is 9.90. The molecule has 17 heteroatoms. The smallest absolute Gasteiger partial charge is 0.278 e. The molecule has 66 heavy (non-hydrogen) atoms. The lowest BCUT2D eigenvalue weighted by atomic mass is 9.49. The third-order valence-corrected chi connectivity index (χ3v) is 14.2. The lowest BCUT2D eigenvalue weighted by molar-refractivity contribution is -0.164. The average molecular weight is 915 g/mol. The summed E-state index contributed by atoms with van der Waals surface area (Å²) in [6, 6.07) is 14.6. The number of halogens is 1. The van der Waals surface area contributed by atoms with Crippen molar-refractivity contribution in [2.75, 3.05) is 44.6 Å². The number of piperidine rings is 3. The second-order valence-corrected chi connectivity index (χ2v) is 19.6. The fraction of sp³-hybridized carbons (Fsp3) is 0.490. The normalized spacial score (nSPS) is 22.0. The molecule has 2 aromatic heterocycles. The molecule has 5 heterocycles. The molecule has 344 valence electrons. The number of rotatable bonds is 11. The van der Waals surface area contributed by atoms with Gasteiger partial charge in [0.25, 0.3) is 17.4 Å². The van der Waals surface area contributed by atoms with E-state index in [9.17, 15) is 29.2 Å². The van der Waals surface area contributed by atoms with Crippen molar-refractivity contribution in [2.45, 2.75) is 90.8 Å². The lowest BCUT2D eigenvalue weighted by Gasteiger charge is -2.63. The lowest BCUT2D eigenvalue weighted by Crippen LogP contribution is -2.74. The van der Waals surface area contributed by atoms with Gasteiger partial charge < -0.3 is 25.2 Å². The summed E-state index contributed by atoms with van der Waals surface area (Å²) in [6.07, 6.45) is 6.51. The van der Waals surface area contributed by atoms with Gasteiger partial charge >= 0.3 is 0 Å². The van der Waals surface area contributed by atoms with Crippen LogP contribution in [0.2, 0.25) is 5.02 Å². The molecule has 4 aromatic rings. The number of hydrogen-bond acceptors (Lipinski definition) is 12. The molecule has 0 bridgehead atoms. The second-order valence-electron chi connectivity index (χ2n) is 19.2. The number of pyridine rings is 1. The Morgan fingerprint density at radius 3 is 2.36 bits per heavy atom. The fourth-order valence-corrected chi connectivity index (χ4v) is 10.6. The summed E-state index contributed by atoms with van der Waals surface area (Å²) >= 11 is 6.24. The first-order valence-corrected chi connectivity index (χ1v) is 23.1. The first-order valence-electron chi connectivity index (χ1n) is 22.7. The van der Waals surface area contributed by atoms with Crippen molar-refractivity contribution in [3.8, 4) is 23.7 Å². The number of likely N-dealkylation sites (tertiary alicyclic amines) is 2. The number of nitrogens with zero attached hydrogens (tertiary/aromatic N) is 7. The summed E-state index contributed by atoms with van der Waals surface area (Å²) in [5.74, 6) is 6.99. The molecule has 4 fully saturated rings. The van der Waals surface area contributed by atoms with E-state index in [-0.39, 0.29) is 65.5 Å². The minimum atomic E-state index is -0.910. The van der Waals surface area contributed by atoms with Crippen LogP contribution in [-0.2, 0) is 14.4 Å². The van der Waals surface area contributed by atoms with Gasteiger partial charge in [-0.15, -0.1) is 5.10 Å². The highest BCUT2D eigenvalue weighted by molar-refractivity contribution is 6.31. The Labute approximate surface area is 388 Å². The molecule has 4 amide bonds. The molecule has 3 aliphatic heterocycles. The fourth-order valence-electron chi connectivity index (χ4n) is 10.4. The number of hydrogen-bond donors (Lipinski definition) is 3. The van der Waals surface area contributed by atoms with Gasteiger partial charge in [-0.3, -0.25) is 29.3 Å². The zero-order valence-corrected chi connectivity index (χ0v) is 38.5. The Kier molecular flexibility index (Phi) is 13.5. The summed E-state index contributed by atoms with van der Waals surface area (Å²) in [5.41, 5.74) is 1.20. The molecule has 16 nitrogen and oxygen atoms in total. The van der Waals surface area contributed by atoms with E-state index in [0.717, 1.165) is 56.4 Å². The van der Waals surface area contributed by atoms with E-state index in [0.29, 0.717) is 63.7 Å². The molecule has 1 saturated carbocycles. The van der Waals surface area contributed by atoms with Crippen LogP contribution in [0.4, 0.5) is 5.69 Å². The van der Waals surface area contributed by atoms with Crippen molar-refractivity contribution in [1.29, 1.82) is 5.26 Å². The number of anilines is 1. The van der Waals surface area contributed by atoms with Crippen LogP contribution in [0.1, 0.15) is 100 Å². The number of aromatic nitrogens is 4. The molecule has 3 N–H and O–H groups in total. The molecule has 1 unspecified atom stereocenters. The quantitative estimate of drug-likeness (QED) is 0.133. The zero-order chi connectivity index (χ0) is 46.8. The zero-order valence-electron chi connectivity index (χ0n) is 37.7. The summed E-state index contributed by atoms with van der Waals surface area (Å²) in [7, 11) is 0. The van der Waals surface area contributed by atoms with Gasteiger partial charge in [0.05, 0.1) is 28.1 Å². The number of benzene rings is 2. The van der Waals surface area contributed by atoms with E-state index < -0.39 is 17.5 Å². The summed E-state index contributed by atoms with van der Waals surface area (Å²) in [6.45, 7) is 12.8. The van der Waals surface area contributed by atoms with Crippen LogP contribution in [0.15, 0.2) is 59.5 Å². The SMILES string of the molecule is CC1(C)C(NC(=O)c2ccc(C#CCC3CCN(CC4CCN(C(=O)CNc5ccc6nnn(C7CCC(=O)NC7=O)c(=O)c6c5)CC4)CC3)nc2)C(C)(C)C1Oc1ccc(C#N)c(Cl)c1. The average Bonchev–Trinajstić information content (AvgIpc) is 3.30. The first kappa shape index (κ1) is 46.2. The van der Waals surface area contributed by atoms with Gasteiger partial charge in [-0.25, -0.2) is 4.98 Å². The minimum absolute atomic E-state index is 0.00673. The number of carbonyl (C=O) groups excluding carboxylic acids is 4. The standard InChI is InChI=1S/C49H55ClN10O6/c1-48(2)46(49(3,4)47(48)66-36-12-9-32(26-51)38(50)25-36)55-43(63)33-8-10-34(52-27-33)7-5-6-30-16-20-58(21-17-30)29-31-18-22-59(23-19-31)42(62)28-53-35-11-13-39-37(24-35)45(65)60(57-56-39)40-14-15-41(61)54-44(40)64/h8-13,24-25,27,30-31,40,46-47,53H,6,14-23,28-29H2,1-4H3,(H,55,63)(H,54,61,64). The maximum Gasteiger partial charge on any atom is 0.278 e. The Bertz CT molecular complexity index is 2670. The molecule has 1 aliphatic carbocycles. The number of amides is 4. The molecular formula is C49H55ClN10O6. The molecular weight excluding hydrogens is 860 g/mol. The van der Waals surface area contributed by atoms with Crippen LogP contribution in [0.3, 0.4) is 0 Å². The second kappa shape index (κ2) is 19.2. The van der Waals surface area contributed by atoms with Crippen molar-refractivity contribution < 1.29 is 23.9 Å². The highest BCUT2D eigenvalue weighted by Gasteiger charge is 2.64. The van der Waals surface area contributed by atoms with E-state index in [1.54, 1.807) is 54.7 Å². The largest absolute Gasteiger partial charge is 0.489 e. The predicted molar refractivity (Wildman–Crippen MR) is 247 cm³/mol. The van der Waals surface area contributed by atoms with Crippen LogP contribution in [0.5, 0.6) is 5.75 Å². The molecule has 3 saturated heterocycles. The van der Waals surface area contributed by atoms with Crippen LogP contribution in [0.25, 0.3) is 10.9 Å². The van der Waals surface area contributed by atoms with Gasteiger partial charge in [-0.1, -0.05) is 50.4 Å². The first-order chi connectivity index (χ1) is 31.6. The Balaban J connectivity index is 0.733. The summed E-state index contributed by atoms with van der Waals surface area (Å²) in [5, 5.41) is 26.5. The van der Waals surface area contributed by atoms with Gasteiger partial charge in [-0.2, -0.15) is 9.94 Å². The number of nitriles is 1. The molecule has 0 radical (unpaired) electrons. The summed E-state index contributed by atoms with van der Waals surface area (Å²) < 4.78 is 7.38. The third-order valence-electron chi connectivity index (χ3n) is 13.9. The molecule has 1 atom stereocenters. The highest BCUT2D eigenvalue weighted by Crippen LogP contribution is 2.55. The maximum absolute atomic E-state index is 13.4. The summed E-state index contributed by atoms with van der Waals surface area (Å²) in [4.78, 5) is 72.7. The highest BCUT2D eigenvalue weighted by atomic mass is 35.5. The maximum atomic E-state index is 13.4. The Hall–Kier alpha value is -6.36. The van der Waals surface area contributed by atoms with Crippen molar-refractivity contribution in [2.24, 2.45) is 22.7 Å². The van der Waals surface area contributed by atoms with Crippen molar-refractivity contribution in [1.82, 2.24) is 40.4 Å². The van der Waals surface area contributed by atoms with E-state index >= 15 is 0 Å². The van der Waals surface area contributed by atoms with Gasteiger partial charge in [0.1, 0.15) is 35.2 Å². The van der Waals surface area contributed by atoms with Gasteiger partial charge in [0.15, 0.2) is 0 Å². The van der Waals surface area contributed by atoms with Crippen LogP contribution < -0.4 is 26.2 Å². The van der Waals surface area contributed by atoms with E-state index in [2.05, 4.69) is 81.8 Å². The topological polar surface area (TPSA) is 205 Å². The van der Waals surface area contributed by atoms with E-state index in [1.807, 2.05) is 4.90 Å². The molecule has 2 aromatic carbocycles. The molecule has 0 spiro atoms. The number of carbonyl (C=O) groups is 4. The van der Waals surface area contributed by atoms with E-state index in [1.165, 1.54) is 0 Å². The van der Waals surface area contributed by atoms with Crippen molar-refractivity contribution in [3.05, 3.63) is 86.9 Å². The Morgan fingerprint density at radius 1 is 0.939 bits per heavy atom. The molecule has 8 rings (SSSR count). The Morgan fingerprint density at radius 2 is 1.68 bits per heavy atom. The molecule has 4 aliphatic rings. The van der Waals surface area contributed by atoms with Crippen LogP contribution >= 0.6 is 11.6 Å². The van der Waals surface area contributed by atoms with Crippen molar-refractivity contribution >= 4 is 51.8 Å². The predicted octanol–water partition coefficient (Wildman–Crippen LogP) is 5.11. The monoisotopic (exact) mass is 914 g/mol. The van der Waals surface area contributed by atoms with Crippen molar-refractivity contribution in [3.63, 3.8) is 0 Å². The number of nitrogens with one attached hydrogen (secondary N) is 3. The van der Waals surface area contributed by atoms with Gasteiger partial charge in [-0.05, 0) is 105 Å². The number of ether oxygens (including phenoxy) is 1. The van der Waals surface area contributed by atoms with Gasteiger partial charge in [0.2, 0.25) is 11.8 Å².